The van der Waals surface area contributed by atoms with E-state index in [4.69, 9.17) is 0 Å². The average Bonchev–Trinajstić information content (AvgIpc) is 3.42. The molecule has 1 saturated heterocycles. The number of carbonyl (C=O) groups is 4. The van der Waals surface area contributed by atoms with Crippen molar-refractivity contribution in [2.75, 3.05) is 37.3 Å². The molecule has 1 fully saturated rings. The van der Waals surface area contributed by atoms with E-state index < -0.39 is 17.1 Å². The number of rotatable bonds is 8. The predicted octanol–water partition coefficient (Wildman–Crippen LogP) is 3.93. The Morgan fingerprint density at radius 2 is 1.87 bits per heavy atom. The molecular weight excluding hydrogens is 587 g/mol. The molecule has 11 heteroatoms. The minimum atomic E-state index is -0.787. The molecule has 0 bridgehead atoms. The van der Waals surface area contributed by atoms with Gasteiger partial charge in [0.25, 0.3) is 0 Å². The fraction of sp³-hybridized carbons (Fsp3) is 0.400. The van der Waals surface area contributed by atoms with Crippen molar-refractivity contribution in [1.82, 2.24) is 20.1 Å². The monoisotopic (exact) mass is 626 g/mol. The fourth-order valence-corrected chi connectivity index (χ4v) is 7.14. The molecule has 2 atom stereocenters. The zero-order valence-corrected chi connectivity index (χ0v) is 26.4. The number of pyridine rings is 1. The van der Waals surface area contributed by atoms with Crippen LogP contribution < -0.4 is 16.0 Å². The van der Waals surface area contributed by atoms with Crippen LogP contribution >= 0.6 is 0 Å². The van der Waals surface area contributed by atoms with Gasteiger partial charge in [-0.1, -0.05) is 25.1 Å². The molecule has 2 aliphatic heterocycles. The molecule has 1 aromatic heterocycles. The Kier molecular flexibility index (Phi) is 8.61. The lowest BCUT2D eigenvalue weighted by molar-refractivity contribution is -0.148. The predicted molar refractivity (Wildman–Crippen MR) is 171 cm³/mol. The molecule has 0 saturated carbocycles. The lowest BCUT2D eigenvalue weighted by atomic mass is 9.78. The first-order valence-electron chi connectivity index (χ1n) is 15.7. The number of aromatic nitrogens is 1. The molecule has 3 aliphatic rings. The maximum Gasteiger partial charge on any atom is 0.244 e. The number of likely N-dealkylation sites (tertiary alicyclic amines) is 1. The molecular formula is C35H39FN6O4. The number of halogens is 1. The SMILES string of the molecule is CNCc1ccc(F)cc1CN(CC(=O)Nc1ccc2c(c1)C1C(=O)Nc3ncccc3[C@H]1C2)C(=O)C1(C)CCN(C(C)=O)CC1. The van der Waals surface area contributed by atoms with E-state index in [0.717, 1.165) is 22.3 Å². The van der Waals surface area contributed by atoms with Gasteiger partial charge >= 0.3 is 0 Å². The Bertz CT molecular complexity index is 1700. The first kappa shape index (κ1) is 31.3. The van der Waals surface area contributed by atoms with Gasteiger partial charge in [0.2, 0.25) is 23.6 Å². The van der Waals surface area contributed by atoms with Crippen molar-refractivity contribution in [3.63, 3.8) is 0 Å². The average molecular weight is 627 g/mol. The number of nitrogens with zero attached hydrogens (tertiary/aromatic N) is 3. The second kappa shape index (κ2) is 12.6. The highest BCUT2D eigenvalue weighted by molar-refractivity contribution is 6.01. The molecule has 3 N–H and O–H groups in total. The Morgan fingerprint density at radius 1 is 1.09 bits per heavy atom. The highest BCUT2D eigenvalue weighted by Crippen LogP contribution is 2.49. The van der Waals surface area contributed by atoms with Crippen molar-refractivity contribution in [1.29, 1.82) is 0 Å². The van der Waals surface area contributed by atoms with Crippen LogP contribution in [-0.2, 0) is 38.7 Å². The van der Waals surface area contributed by atoms with Gasteiger partial charge in [0, 0.05) is 56.3 Å². The molecule has 3 aromatic rings. The summed E-state index contributed by atoms with van der Waals surface area (Å²) < 4.78 is 14.4. The number of benzene rings is 2. The highest BCUT2D eigenvalue weighted by Gasteiger charge is 2.44. The van der Waals surface area contributed by atoms with E-state index in [1.54, 1.807) is 24.2 Å². The maximum atomic E-state index is 14.4. The lowest BCUT2D eigenvalue weighted by Crippen LogP contribution is -2.51. The summed E-state index contributed by atoms with van der Waals surface area (Å²) in [5.41, 5.74) is 4.10. The number of hydrogen-bond donors (Lipinski definition) is 3. The van der Waals surface area contributed by atoms with Crippen LogP contribution in [0.5, 0.6) is 0 Å². The molecule has 10 nitrogen and oxygen atoms in total. The van der Waals surface area contributed by atoms with Crippen molar-refractivity contribution in [3.8, 4) is 0 Å². The molecule has 1 unspecified atom stereocenters. The number of anilines is 2. The topological polar surface area (TPSA) is 124 Å². The molecule has 2 aromatic carbocycles. The summed E-state index contributed by atoms with van der Waals surface area (Å²) in [7, 11) is 1.79. The third-order valence-electron chi connectivity index (χ3n) is 9.72. The molecule has 0 radical (unpaired) electrons. The summed E-state index contributed by atoms with van der Waals surface area (Å²) >= 11 is 0. The van der Waals surface area contributed by atoms with Crippen molar-refractivity contribution in [2.24, 2.45) is 5.41 Å². The molecule has 1 aliphatic carbocycles. The molecule has 4 amide bonds. The van der Waals surface area contributed by atoms with E-state index in [0.29, 0.717) is 56.0 Å². The summed E-state index contributed by atoms with van der Waals surface area (Å²) in [6.45, 7) is 4.57. The summed E-state index contributed by atoms with van der Waals surface area (Å²) in [5, 5.41) is 8.95. The lowest BCUT2D eigenvalue weighted by Gasteiger charge is -2.40. The maximum absolute atomic E-state index is 14.4. The summed E-state index contributed by atoms with van der Waals surface area (Å²) in [5.74, 6) is -1.01. The first-order chi connectivity index (χ1) is 22.1. The second-order valence-electron chi connectivity index (χ2n) is 12.9. The number of hydrogen-bond acceptors (Lipinski definition) is 6. The van der Waals surface area contributed by atoms with Crippen molar-refractivity contribution < 1.29 is 23.6 Å². The number of nitrogens with one attached hydrogen (secondary N) is 3. The van der Waals surface area contributed by atoms with Crippen molar-refractivity contribution >= 4 is 35.1 Å². The Morgan fingerprint density at radius 3 is 2.61 bits per heavy atom. The Labute approximate surface area is 267 Å². The van der Waals surface area contributed by atoms with Crippen LogP contribution in [0.4, 0.5) is 15.9 Å². The van der Waals surface area contributed by atoms with E-state index >= 15 is 0 Å². The van der Waals surface area contributed by atoms with Gasteiger partial charge in [-0.15, -0.1) is 0 Å². The molecule has 46 heavy (non-hydrogen) atoms. The summed E-state index contributed by atoms with van der Waals surface area (Å²) in [6, 6.07) is 13.9. The molecule has 240 valence electrons. The van der Waals surface area contributed by atoms with E-state index in [1.807, 2.05) is 37.3 Å². The normalized spacial score (nSPS) is 19.4. The van der Waals surface area contributed by atoms with Gasteiger partial charge in [0.15, 0.2) is 0 Å². The van der Waals surface area contributed by atoms with Gasteiger partial charge < -0.3 is 25.8 Å². The Hall–Kier alpha value is -4.64. The van der Waals surface area contributed by atoms with Crippen LogP contribution in [0.25, 0.3) is 0 Å². The van der Waals surface area contributed by atoms with Gasteiger partial charge in [-0.05, 0) is 84.5 Å². The van der Waals surface area contributed by atoms with Crippen LogP contribution in [0, 0.1) is 11.2 Å². The van der Waals surface area contributed by atoms with E-state index in [9.17, 15) is 23.6 Å². The van der Waals surface area contributed by atoms with Gasteiger partial charge in [-0.25, -0.2) is 9.37 Å². The first-order valence-corrected chi connectivity index (χ1v) is 15.7. The smallest absolute Gasteiger partial charge is 0.244 e. The van der Waals surface area contributed by atoms with Crippen LogP contribution in [-0.4, -0.2) is 65.1 Å². The van der Waals surface area contributed by atoms with Gasteiger partial charge in [-0.2, -0.15) is 0 Å². The second-order valence-corrected chi connectivity index (χ2v) is 12.9. The van der Waals surface area contributed by atoms with Crippen LogP contribution in [0.1, 0.15) is 66.3 Å². The minimum Gasteiger partial charge on any atom is -0.343 e. The Balaban J connectivity index is 1.23. The largest absolute Gasteiger partial charge is 0.343 e. The third-order valence-corrected chi connectivity index (χ3v) is 9.72. The molecule has 6 rings (SSSR count). The van der Waals surface area contributed by atoms with E-state index in [1.165, 1.54) is 24.0 Å². The van der Waals surface area contributed by atoms with Crippen LogP contribution in [0.15, 0.2) is 54.7 Å². The number of fused-ring (bicyclic) bond motifs is 5. The van der Waals surface area contributed by atoms with Crippen LogP contribution in [0.3, 0.4) is 0 Å². The standard InChI is InChI=1S/C35H39FN6O4/c1-21(43)41-13-10-35(2,11-14-41)34(46)42(19-24-15-25(36)8-6-23(24)18-37-3)20-30(44)39-26-9-7-22-16-29-27-5-4-12-38-32(27)40-33(45)31(29)28(22)17-26/h4-9,12,15,17,29,31,37H,10-11,13-14,16,18-20H2,1-3H3,(H,39,44)(H,38,40,45)/t29-,31?/m1/s1. The highest BCUT2D eigenvalue weighted by atomic mass is 19.1. The summed E-state index contributed by atoms with van der Waals surface area (Å²) in [4.78, 5) is 60.4. The van der Waals surface area contributed by atoms with Gasteiger partial charge in [-0.3, -0.25) is 19.2 Å². The zero-order valence-electron chi connectivity index (χ0n) is 26.4. The molecule has 3 heterocycles. The van der Waals surface area contributed by atoms with Gasteiger partial charge in [0.1, 0.15) is 18.2 Å². The van der Waals surface area contributed by atoms with Gasteiger partial charge in [0.05, 0.1) is 5.92 Å². The number of amides is 4. The number of carbonyl (C=O) groups excluding carboxylic acids is 4. The number of piperidine rings is 1. The fourth-order valence-electron chi connectivity index (χ4n) is 7.14. The third kappa shape index (κ3) is 6.11. The quantitative estimate of drug-likeness (QED) is 0.348. The van der Waals surface area contributed by atoms with Crippen molar-refractivity contribution in [3.05, 3.63) is 88.4 Å². The van der Waals surface area contributed by atoms with E-state index in [-0.39, 0.29) is 42.6 Å². The van der Waals surface area contributed by atoms with Crippen molar-refractivity contribution in [2.45, 2.75) is 58.0 Å². The van der Waals surface area contributed by atoms with Crippen LogP contribution in [0.2, 0.25) is 0 Å². The minimum absolute atomic E-state index is 0.0280. The zero-order chi connectivity index (χ0) is 32.6. The molecule has 0 spiro atoms. The van der Waals surface area contributed by atoms with E-state index in [2.05, 4.69) is 20.9 Å². The summed E-state index contributed by atoms with van der Waals surface area (Å²) in [6.07, 6.45) is 3.29.